The van der Waals surface area contributed by atoms with Crippen molar-refractivity contribution >= 4 is 23.0 Å². The highest BCUT2D eigenvalue weighted by atomic mass is 35.5. The van der Waals surface area contributed by atoms with Gasteiger partial charge in [0.15, 0.2) is 0 Å². The number of rotatable bonds is 3. The normalized spacial score (nSPS) is 27.8. The van der Waals surface area contributed by atoms with Crippen LogP contribution < -0.4 is 5.32 Å². The van der Waals surface area contributed by atoms with Crippen LogP contribution in [-0.4, -0.2) is 26.4 Å². The van der Waals surface area contributed by atoms with Gasteiger partial charge in [0.25, 0.3) is 5.91 Å². The van der Waals surface area contributed by atoms with Gasteiger partial charge in [-0.25, -0.2) is 4.98 Å². The van der Waals surface area contributed by atoms with Crippen molar-refractivity contribution in [1.29, 1.82) is 0 Å². The van der Waals surface area contributed by atoms with E-state index < -0.39 is 23.2 Å². The molecule has 2 saturated carbocycles. The fraction of sp³-hybridized carbons (Fsp3) is 0.333. The number of carbonyl (C=O) groups is 1. The van der Waals surface area contributed by atoms with Gasteiger partial charge in [0.1, 0.15) is 0 Å². The molecule has 2 aliphatic carbocycles. The number of hydrogen-bond donors (Lipinski definition) is 2. The summed E-state index contributed by atoms with van der Waals surface area (Å²) in [7, 11) is 0. The van der Waals surface area contributed by atoms with Crippen LogP contribution in [0.15, 0.2) is 49.1 Å². The van der Waals surface area contributed by atoms with E-state index in [9.17, 15) is 23.1 Å². The van der Waals surface area contributed by atoms with Gasteiger partial charge in [-0.3, -0.25) is 4.79 Å². The highest BCUT2D eigenvalue weighted by Gasteiger charge is 2.62. The predicted octanol–water partition coefficient (Wildman–Crippen LogP) is 4.03. The lowest BCUT2D eigenvalue weighted by Gasteiger charge is -2.27. The Morgan fingerprint density at radius 1 is 1.27 bits per heavy atom. The lowest BCUT2D eigenvalue weighted by molar-refractivity contribution is -0.137. The fourth-order valence-corrected chi connectivity index (χ4v) is 4.96. The molecule has 30 heavy (non-hydrogen) atoms. The average molecular weight is 436 g/mol. The third-order valence-electron chi connectivity index (χ3n) is 6.22. The maximum absolute atomic E-state index is 12.9. The first-order valence-electron chi connectivity index (χ1n) is 9.48. The molecule has 2 unspecified atom stereocenters. The number of imidazole rings is 1. The van der Waals surface area contributed by atoms with Crippen molar-refractivity contribution in [3.05, 3.63) is 70.8 Å². The minimum absolute atomic E-state index is 0.0270. The summed E-state index contributed by atoms with van der Waals surface area (Å²) in [6.45, 7) is 0. The number of alkyl halides is 3. The largest absolute Gasteiger partial charge is 0.416 e. The Bertz CT molecular complexity index is 1150. The van der Waals surface area contributed by atoms with Crippen molar-refractivity contribution in [2.75, 3.05) is 0 Å². The summed E-state index contributed by atoms with van der Waals surface area (Å²) in [6, 6.07) is 5.95. The lowest BCUT2D eigenvalue weighted by Crippen LogP contribution is -2.33. The lowest BCUT2D eigenvalue weighted by atomic mass is 9.88. The van der Waals surface area contributed by atoms with E-state index >= 15 is 0 Å². The smallest absolute Gasteiger partial charge is 0.385 e. The second kappa shape index (κ2) is 6.46. The second-order valence-corrected chi connectivity index (χ2v) is 8.54. The van der Waals surface area contributed by atoms with E-state index in [4.69, 9.17) is 11.6 Å². The summed E-state index contributed by atoms with van der Waals surface area (Å²) in [5.74, 6) is -0.414. The highest BCUT2D eigenvalue weighted by molar-refractivity contribution is 6.30. The molecule has 4 atom stereocenters. The van der Waals surface area contributed by atoms with E-state index in [0.717, 1.165) is 17.6 Å². The van der Waals surface area contributed by atoms with E-state index in [1.165, 1.54) is 12.1 Å². The van der Waals surface area contributed by atoms with Crippen molar-refractivity contribution in [2.45, 2.75) is 30.7 Å². The van der Waals surface area contributed by atoms with Gasteiger partial charge in [-0.2, -0.15) is 13.2 Å². The maximum Gasteiger partial charge on any atom is 0.416 e. The monoisotopic (exact) mass is 435 g/mol. The Hall–Kier alpha value is -2.58. The molecular formula is C21H17ClF3N3O2. The summed E-state index contributed by atoms with van der Waals surface area (Å²) in [5, 5.41) is 14.6. The zero-order chi connectivity index (χ0) is 21.3. The zero-order valence-electron chi connectivity index (χ0n) is 15.5. The molecule has 0 aliphatic heterocycles. The van der Waals surface area contributed by atoms with E-state index in [2.05, 4.69) is 10.3 Å². The maximum atomic E-state index is 12.9. The second-order valence-electron chi connectivity index (χ2n) is 8.10. The first kappa shape index (κ1) is 19.4. The quantitative estimate of drug-likeness (QED) is 0.652. The number of nitrogens with one attached hydrogen (secondary N) is 1. The molecule has 2 heterocycles. The molecule has 2 aliphatic rings. The first-order chi connectivity index (χ1) is 14.2. The van der Waals surface area contributed by atoms with Gasteiger partial charge in [-0.1, -0.05) is 17.7 Å². The molecule has 0 saturated heterocycles. The SMILES string of the molecule is O=C(NC1[C@H]2CC(O)(c3cc(Cl)cn4cncc34)C[C@@H]12)c1cccc(C(F)(F)F)c1. The molecule has 0 bridgehead atoms. The van der Waals surface area contributed by atoms with Crippen molar-refractivity contribution in [2.24, 2.45) is 11.8 Å². The molecule has 3 aromatic rings. The van der Waals surface area contributed by atoms with Crippen molar-refractivity contribution in [1.82, 2.24) is 14.7 Å². The number of carbonyl (C=O) groups excluding carboxylic acids is 1. The molecule has 5 rings (SSSR count). The molecule has 0 spiro atoms. The Morgan fingerprint density at radius 3 is 2.70 bits per heavy atom. The summed E-state index contributed by atoms with van der Waals surface area (Å²) >= 11 is 6.18. The Morgan fingerprint density at radius 2 is 2.00 bits per heavy atom. The number of pyridine rings is 1. The highest BCUT2D eigenvalue weighted by Crippen LogP contribution is 2.60. The van der Waals surface area contributed by atoms with Crippen LogP contribution in [0.3, 0.4) is 0 Å². The molecule has 1 aromatic carbocycles. The predicted molar refractivity (Wildman–Crippen MR) is 103 cm³/mol. The molecule has 2 aromatic heterocycles. The molecule has 2 fully saturated rings. The number of hydrogen-bond acceptors (Lipinski definition) is 3. The fourth-order valence-electron chi connectivity index (χ4n) is 4.74. The van der Waals surface area contributed by atoms with Crippen LogP contribution in [0.25, 0.3) is 5.52 Å². The standard InChI is InChI=1S/C21H17ClF3N3O2/c22-13-5-16(17-8-26-10-28(17)9-13)20(30)6-14-15(7-20)18(14)27-19(29)11-2-1-3-12(4-11)21(23,24)25/h1-5,8-10,14-15,18,30H,6-7H2,(H,27,29)/t14-,15+,18?,20?. The average Bonchev–Trinajstić information content (AvgIpc) is 3.03. The van der Waals surface area contributed by atoms with Gasteiger partial charge in [0.05, 0.1) is 34.2 Å². The Balaban J connectivity index is 1.30. The minimum atomic E-state index is -4.50. The number of amides is 1. The van der Waals surface area contributed by atoms with Crippen LogP contribution >= 0.6 is 11.6 Å². The van der Waals surface area contributed by atoms with Crippen LogP contribution in [0.5, 0.6) is 0 Å². The van der Waals surface area contributed by atoms with Gasteiger partial charge in [0, 0.05) is 23.4 Å². The third kappa shape index (κ3) is 3.15. The molecule has 9 heteroatoms. The summed E-state index contributed by atoms with van der Waals surface area (Å²) in [5.41, 5.74) is -0.499. The number of fused-ring (bicyclic) bond motifs is 2. The van der Waals surface area contributed by atoms with E-state index in [-0.39, 0.29) is 23.4 Å². The van der Waals surface area contributed by atoms with Crippen molar-refractivity contribution < 1.29 is 23.1 Å². The van der Waals surface area contributed by atoms with Crippen molar-refractivity contribution in [3.8, 4) is 0 Å². The van der Waals surface area contributed by atoms with E-state index in [1.807, 2.05) is 0 Å². The number of halogens is 4. The van der Waals surface area contributed by atoms with Gasteiger partial charge in [-0.15, -0.1) is 0 Å². The van der Waals surface area contributed by atoms with Gasteiger partial charge in [-0.05, 0) is 48.9 Å². The Labute approximate surface area is 174 Å². The molecular weight excluding hydrogens is 419 g/mol. The van der Waals surface area contributed by atoms with E-state index in [1.54, 1.807) is 29.2 Å². The molecule has 5 nitrogen and oxygen atoms in total. The van der Waals surface area contributed by atoms with Crippen molar-refractivity contribution in [3.63, 3.8) is 0 Å². The number of benzene rings is 1. The number of nitrogens with zero attached hydrogens (tertiary/aromatic N) is 2. The van der Waals surface area contributed by atoms with Gasteiger partial charge < -0.3 is 14.8 Å². The molecule has 156 valence electrons. The molecule has 0 radical (unpaired) electrons. The van der Waals surface area contributed by atoms with Crippen LogP contribution in [0.1, 0.15) is 34.3 Å². The summed E-state index contributed by atoms with van der Waals surface area (Å²) < 4.78 is 40.4. The van der Waals surface area contributed by atoms with Crippen LogP contribution in [-0.2, 0) is 11.8 Å². The minimum Gasteiger partial charge on any atom is -0.385 e. The van der Waals surface area contributed by atoms with Crippen LogP contribution in [0, 0.1) is 11.8 Å². The third-order valence-corrected chi connectivity index (χ3v) is 6.42. The number of aliphatic hydroxyl groups is 1. The summed E-state index contributed by atoms with van der Waals surface area (Å²) in [6.07, 6.45) is 1.37. The molecule has 2 N–H and O–H groups in total. The summed E-state index contributed by atoms with van der Waals surface area (Å²) in [4.78, 5) is 16.6. The first-order valence-corrected chi connectivity index (χ1v) is 9.86. The Kier molecular flexibility index (Phi) is 4.17. The number of aromatic nitrogens is 2. The topological polar surface area (TPSA) is 66.6 Å². The van der Waals surface area contributed by atoms with Crippen LogP contribution in [0.4, 0.5) is 13.2 Å². The van der Waals surface area contributed by atoms with Gasteiger partial charge >= 0.3 is 6.18 Å². The van der Waals surface area contributed by atoms with Crippen LogP contribution in [0.2, 0.25) is 5.02 Å². The molecule has 1 amide bonds. The van der Waals surface area contributed by atoms with E-state index in [0.29, 0.717) is 23.4 Å². The zero-order valence-corrected chi connectivity index (χ0v) is 16.3. The van der Waals surface area contributed by atoms with Gasteiger partial charge in [0.2, 0.25) is 0 Å².